The molecule has 29 heavy (non-hydrogen) atoms. The van der Waals surface area contributed by atoms with Crippen LogP contribution in [0.1, 0.15) is 56.6 Å². The Labute approximate surface area is 171 Å². The van der Waals surface area contributed by atoms with Crippen LogP contribution in [-0.2, 0) is 0 Å². The molecule has 1 saturated heterocycles. The van der Waals surface area contributed by atoms with Crippen molar-refractivity contribution in [1.29, 1.82) is 0 Å². The van der Waals surface area contributed by atoms with E-state index in [1.807, 2.05) is 17.4 Å². The third-order valence-corrected chi connectivity index (χ3v) is 7.12. The molecule has 0 spiro atoms. The molecule has 1 aromatic carbocycles. The van der Waals surface area contributed by atoms with Crippen LogP contribution < -0.4 is 5.32 Å². The van der Waals surface area contributed by atoms with Crippen LogP contribution in [0.3, 0.4) is 0 Å². The lowest BCUT2D eigenvalue weighted by Crippen LogP contribution is -2.48. The van der Waals surface area contributed by atoms with Gasteiger partial charge in [-0.25, -0.2) is 9.78 Å². The van der Waals surface area contributed by atoms with Gasteiger partial charge in [0, 0.05) is 24.7 Å². The van der Waals surface area contributed by atoms with Crippen LogP contribution in [0.4, 0.5) is 4.79 Å². The molecule has 2 atom stereocenters. The molecule has 3 aliphatic rings. The summed E-state index contributed by atoms with van der Waals surface area (Å²) in [5.74, 6) is 0.241. The molecule has 2 aliphatic heterocycles. The maximum atomic E-state index is 12.5. The smallest absolute Gasteiger partial charge is 0.317 e. The standard InChI is InChI=1S/C23H30N4O2/c28-22(13-20-18-7-3-4-8-19(18)21-14-24-15-27(20)21)16-9-11-26(12-10-16)23(29)25-17-5-1-2-6-17/h3-4,7-8,14-17,20,22,28H,1-2,5-6,9-13H2,(H,25,29)/t20-,22+/m1/s1. The Morgan fingerprint density at radius 1 is 1.17 bits per heavy atom. The zero-order chi connectivity index (χ0) is 19.8. The Balaban J connectivity index is 1.19. The van der Waals surface area contributed by atoms with E-state index in [-0.39, 0.29) is 24.1 Å². The van der Waals surface area contributed by atoms with Crippen LogP contribution in [0.5, 0.6) is 0 Å². The van der Waals surface area contributed by atoms with Gasteiger partial charge >= 0.3 is 6.03 Å². The number of amides is 2. The molecule has 154 valence electrons. The first-order chi connectivity index (χ1) is 14.2. The van der Waals surface area contributed by atoms with Gasteiger partial charge in [0.2, 0.25) is 0 Å². The quantitative estimate of drug-likeness (QED) is 0.833. The number of piperidine rings is 1. The van der Waals surface area contributed by atoms with Crippen LogP contribution in [-0.4, -0.2) is 50.8 Å². The molecule has 3 heterocycles. The van der Waals surface area contributed by atoms with Crippen molar-refractivity contribution in [3.63, 3.8) is 0 Å². The molecule has 0 bridgehead atoms. The number of aliphatic hydroxyl groups is 1. The van der Waals surface area contributed by atoms with E-state index >= 15 is 0 Å². The summed E-state index contributed by atoms with van der Waals surface area (Å²) in [6.07, 6.45) is 10.5. The van der Waals surface area contributed by atoms with Gasteiger partial charge in [0.15, 0.2) is 0 Å². The van der Waals surface area contributed by atoms with Crippen molar-refractivity contribution < 1.29 is 9.90 Å². The Kier molecular flexibility index (Phi) is 5.04. The van der Waals surface area contributed by atoms with Gasteiger partial charge in [-0.2, -0.15) is 0 Å². The first kappa shape index (κ1) is 18.7. The topological polar surface area (TPSA) is 70.4 Å². The maximum absolute atomic E-state index is 12.5. The van der Waals surface area contributed by atoms with Gasteiger partial charge in [0.1, 0.15) is 0 Å². The molecule has 1 aliphatic carbocycles. The predicted molar refractivity (Wildman–Crippen MR) is 112 cm³/mol. The molecule has 2 aromatic rings. The lowest BCUT2D eigenvalue weighted by atomic mass is 9.86. The molecule has 6 nitrogen and oxygen atoms in total. The van der Waals surface area contributed by atoms with E-state index < -0.39 is 0 Å². The SMILES string of the molecule is O=C(NC1CCCC1)N1CCC([C@@H](O)C[C@@H]2c3ccccc3-c3cncn32)CC1. The summed E-state index contributed by atoms with van der Waals surface area (Å²) < 4.78 is 2.19. The molecule has 2 fully saturated rings. The van der Waals surface area contributed by atoms with Crippen molar-refractivity contribution in [2.75, 3.05) is 13.1 Å². The van der Waals surface area contributed by atoms with Crippen LogP contribution in [0.2, 0.25) is 0 Å². The minimum Gasteiger partial charge on any atom is -0.393 e. The molecule has 1 saturated carbocycles. The number of nitrogens with one attached hydrogen (secondary N) is 1. The summed E-state index contributed by atoms with van der Waals surface area (Å²) in [5.41, 5.74) is 3.63. The van der Waals surface area contributed by atoms with E-state index in [0.29, 0.717) is 12.5 Å². The van der Waals surface area contributed by atoms with Crippen molar-refractivity contribution in [3.8, 4) is 11.3 Å². The van der Waals surface area contributed by atoms with Crippen LogP contribution in [0, 0.1) is 5.92 Å². The van der Waals surface area contributed by atoms with Gasteiger partial charge in [0.05, 0.1) is 30.4 Å². The summed E-state index contributed by atoms with van der Waals surface area (Å²) in [7, 11) is 0. The minimum atomic E-state index is -0.374. The second-order valence-electron chi connectivity index (χ2n) is 8.85. The Morgan fingerprint density at radius 2 is 1.93 bits per heavy atom. The lowest BCUT2D eigenvalue weighted by molar-refractivity contribution is 0.0536. The van der Waals surface area contributed by atoms with Gasteiger partial charge in [0.25, 0.3) is 0 Å². The van der Waals surface area contributed by atoms with E-state index in [1.165, 1.54) is 24.0 Å². The van der Waals surface area contributed by atoms with Gasteiger partial charge in [-0.3, -0.25) is 0 Å². The number of rotatable bonds is 4. The number of carbonyl (C=O) groups is 1. The molecular formula is C23H30N4O2. The number of hydrogen-bond donors (Lipinski definition) is 2. The van der Waals surface area contributed by atoms with Crippen molar-refractivity contribution in [2.24, 2.45) is 5.92 Å². The molecule has 1 aromatic heterocycles. The number of benzene rings is 1. The first-order valence-corrected chi connectivity index (χ1v) is 11.1. The molecule has 2 amide bonds. The van der Waals surface area contributed by atoms with Crippen molar-refractivity contribution in [2.45, 2.75) is 63.1 Å². The zero-order valence-corrected chi connectivity index (χ0v) is 16.8. The third kappa shape index (κ3) is 3.54. The highest BCUT2D eigenvalue weighted by Crippen LogP contribution is 2.42. The summed E-state index contributed by atoms with van der Waals surface area (Å²) >= 11 is 0. The molecular weight excluding hydrogens is 364 g/mol. The first-order valence-electron chi connectivity index (χ1n) is 11.1. The van der Waals surface area contributed by atoms with Gasteiger partial charge in [-0.1, -0.05) is 37.1 Å². The van der Waals surface area contributed by atoms with E-state index in [1.54, 1.807) is 0 Å². The molecule has 0 unspecified atom stereocenters. The molecule has 5 rings (SSSR count). The average molecular weight is 395 g/mol. The number of likely N-dealkylation sites (tertiary alicyclic amines) is 1. The normalized spacial score (nSPS) is 23.1. The maximum Gasteiger partial charge on any atom is 0.317 e. The molecule has 6 heteroatoms. The number of aliphatic hydroxyl groups excluding tert-OH is 1. The third-order valence-electron chi connectivity index (χ3n) is 7.12. The van der Waals surface area contributed by atoms with Crippen LogP contribution in [0.15, 0.2) is 36.8 Å². The molecule has 0 radical (unpaired) electrons. The number of imidazole rings is 1. The Hall–Kier alpha value is -2.34. The van der Waals surface area contributed by atoms with E-state index in [0.717, 1.165) is 44.5 Å². The average Bonchev–Trinajstić information content (AvgIpc) is 3.48. The fraction of sp³-hybridized carbons (Fsp3) is 0.565. The van der Waals surface area contributed by atoms with E-state index in [9.17, 15) is 9.90 Å². The summed E-state index contributed by atoms with van der Waals surface area (Å²) in [6.45, 7) is 1.47. The highest BCUT2D eigenvalue weighted by atomic mass is 16.3. The summed E-state index contributed by atoms with van der Waals surface area (Å²) in [4.78, 5) is 18.7. The number of carbonyl (C=O) groups excluding carboxylic acids is 1. The summed E-state index contributed by atoms with van der Waals surface area (Å²) in [6, 6.07) is 9.00. The zero-order valence-electron chi connectivity index (χ0n) is 16.8. The lowest BCUT2D eigenvalue weighted by Gasteiger charge is -2.35. The number of aromatic nitrogens is 2. The fourth-order valence-corrected chi connectivity index (χ4v) is 5.42. The minimum absolute atomic E-state index is 0.0811. The van der Waals surface area contributed by atoms with Gasteiger partial charge < -0.3 is 19.9 Å². The van der Waals surface area contributed by atoms with Crippen LogP contribution >= 0.6 is 0 Å². The Bertz CT molecular complexity index is 865. The number of hydrogen-bond acceptors (Lipinski definition) is 3. The monoisotopic (exact) mass is 394 g/mol. The number of urea groups is 1. The second-order valence-corrected chi connectivity index (χ2v) is 8.85. The van der Waals surface area contributed by atoms with Gasteiger partial charge in [-0.05, 0) is 43.6 Å². The highest BCUT2D eigenvalue weighted by molar-refractivity contribution is 5.74. The molecule has 2 N–H and O–H groups in total. The van der Waals surface area contributed by atoms with E-state index in [4.69, 9.17) is 0 Å². The largest absolute Gasteiger partial charge is 0.393 e. The summed E-state index contributed by atoms with van der Waals surface area (Å²) in [5, 5.41) is 14.2. The van der Waals surface area contributed by atoms with Crippen molar-refractivity contribution in [3.05, 3.63) is 42.4 Å². The Morgan fingerprint density at radius 3 is 2.72 bits per heavy atom. The van der Waals surface area contributed by atoms with Crippen LogP contribution in [0.25, 0.3) is 11.3 Å². The highest BCUT2D eigenvalue weighted by Gasteiger charge is 2.34. The fourth-order valence-electron chi connectivity index (χ4n) is 5.42. The van der Waals surface area contributed by atoms with Crippen molar-refractivity contribution >= 4 is 6.03 Å². The predicted octanol–water partition coefficient (Wildman–Crippen LogP) is 3.57. The van der Waals surface area contributed by atoms with E-state index in [2.05, 4.69) is 39.1 Å². The van der Waals surface area contributed by atoms with Gasteiger partial charge in [-0.15, -0.1) is 0 Å². The van der Waals surface area contributed by atoms with Crippen molar-refractivity contribution in [1.82, 2.24) is 19.8 Å². The second kappa shape index (κ2) is 7.82. The number of nitrogens with zero attached hydrogens (tertiary/aromatic N) is 3. The number of fused-ring (bicyclic) bond motifs is 3.